The Labute approximate surface area is 143 Å². The van der Waals surface area contributed by atoms with Gasteiger partial charge in [0.1, 0.15) is 5.76 Å². The van der Waals surface area contributed by atoms with Gasteiger partial charge in [-0.3, -0.25) is 14.5 Å². The van der Waals surface area contributed by atoms with Crippen molar-refractivity contribution < 1.29 is 14.1 Å². The second-order valence-corrected chi connectivity index (χ2v) is 7.64. The second kappa shape index (κ2) is 7.34. The van der Waals surface area contributed by atoms with Crippen LogP contribution in [0.3, 0.4) is 0 Å². The van der Waals surface area contributed by atoms with Gasteiger partial charge in [-0.05, 0) is 12.8 Å². The van der Waals surface area contributed by atoms with E-state index in [0.29, 0.717) is 18.0 Å². The fourth-order valence-electron chi connectivity index (χ4n) is 2.56. The van der Waals surface area contributed by atoms with Crippen LogP contribution in [0.2, 0.25) is 0 Å². The number of likely N-dealkylation sites (N-methyl/N-ethyl adjacent to an activating group) is 1. The summed E-state index contributed by atoms with van der Waals surface area (Å²) in [6.07, 6.45) is 1.66. The van der Waals surface area contributed by atoms with Crippen molar-refractivity contribution in [3.05, 3.63) is 17.5 Å². The van der Waals surface area contributed by atoms with Crippen molar-refractivity contribution in [1.29, 1.82) is 0 Å². The van der Waals surface area contributed by atoms with E-state index in [-0.39, 0.29) is 23.3 Å². The number of aromatic nitrogens is 1. The third-order valence-electron chi connectivity index (χ3n) is 4.26. The molecule has 1 aliphatic rings. The zero-order valence-corrected chi connectivity index (χ0v) is 15.3. The minimum Gasteiger partial charge on any atom is -0.360 e. The Kier molecular flexibility index (Phi) is 5.64. The molecule has 1 aliphatic heterocycles. The van der Waals surface area contributed by atoms with Gasteiger partial charge in [0.15, 0.2) is 5.69 Å². The molecule has 1 N–H and O–H groups in total. The lowest BCUT2D eigenvalue weighted by atomic mass is 9.93. The number of likely N-dealkylation sites (tertiary alicyclic amines) is 1. The standard InChI is InChI=1S/C17H28N4O3/c1-17(2,3)14-10-13(19-24-14)16(23)18-12-6-8-21(9-7-12)11-15(22)20(4)5/h10,12H,6-9,11H2,1-5H3,(H,18,23). The van der Waals surface area contributed by atoms with Gasteiger partial charge in [-0.1, -0.05) is 25.9 Å². The van der Waals surface area contributed by atoms with E-state index >= 15 is 0 Å². The molecule has 7 nitrogen and oxygen atoms in total. The normalized spacial score (nSPS) is 16.9. The van der Waals surface area contributed by atoms with Crippen LogP contribution in [-0.2, 0) is 10.2 Å². The summed E-state index contributed by atoms with van der Waals surface area (Å²) in [6, 6.07) is 1.82. The number of carbonyl (C=O) groups excluding carboxylic acids is 2. The van der Waals surface area contributed by atoms with Crippen LogP contribution in [0.5, 0.6) is 0 Å². The van der Waals surface area contributed by atoms with Crippen LogP contribution in [0.4, 0.5) is 0 Å². The van der Waals surface area contributed by atoms with Crippen LogP contribution < -0.4 is 5.32 Å². The molecule has 0 atom stereocenters. The summed E-state index contributed by atoms with van der Waals surface area (Å²) in [7, 11) is 3.53. The fourth-order valence-corrected chi connectivity index (χ4v) is 2.56. The molecule has 2 rings (SSSR count). The Morgan fingerprint density at radius 3 is 2.46 bits per heavy atom. The van der Waals surface area contributed by atoms with Gasteiger partial charge in [0.05, 0.1) is 6.54 Å². The van der Waals surface area contributed by atoms with Crippen molar-refractivity contribution >= 4 is 11.8 Å². The zero-order chi connectivity index (χ0) is 17.9. The predicted molar refractivity (Wildman–Crippen MR) is 90.8 cm³/mol. The minimum absolute atomic E-state index is 0.106. The molecule has 1 aromatic rings. The summed E-state index contributed by atoms with van der Waals surface area (Å²) in [5.74, 6) is 0.608. The molecular weight excluding hydrogens is 308 g/mol. The van der Waals surface area contributed by atoms with Crippen molar-refractivity contribution in [2.24, 2.45) is 0 Å². The number of rotatable bonds is 4. The molecule has 1 saturated heterocycles. The largest absolute Gasteiger partial charge is 0.360 e. The van der Waals surface area contributed by atoms with Crippen LogP contribution in [-0.4, -0.2) is 66.5 Å². The third kappa shape index (κ3) is 4.80. The van der Waals surface area contributed by atoms with Crippen molar-refractivity contribution in [2.75, 3.05) is 33.7 Å². The van der Waals surface area contributed by atoms with Gasteiger partial charge in [-0.2, -0.15) is 0 Å². The van der Waals surface area contributed by atoms with Crippen molar-refractivity contribution in [3.8, 4) is 0 Å². The highest BCUT2D eigenvalue weighted by molar-refractivity contribution is 5.92. The number of nitrogens with zero attached hydrogens (tertiary/aromatic N) is 3. The van der Waals surface area contributed by atoms with Crippen LogP contribution in [0.1, 0.15) is 49.9 Å². The summed E-state index contributed by atoms with van der Waals surface area (Å²) in [4.78, 5) is 27.8. The molecule has 24 heavy (non-hydrogen) atoms. The highest BCUT2D eigenvalue weighted by Crippen LogP contribution is 2.22. The first-order valence-electron chi connectivity index (χ1n) is 8.37. The average Bonchev–Trinajstić information content (AvgIpc) is 2.99. The SMILES string of the molecule is CN(C)C(=O)CN1CCC(NC(=O)c2cc(C(C)(C)C)on2)CC1. The molecular formula is C17H28N4O3. The lowest BCUT2D eigenvalue weighted by Crippen LogP contribution is -2.47. The van der Waals surface area contributed by atoms with Gasteiger partial charge in [-0.15, -0.1) is 0 Å². The summed E-state index contributed by atoms with van der Waals surface area (Å²) < 4.78 is 5.26. The summed E-state index contributed by atoms with van der Waals surface area (Å²) in [5.41, 5.74) is 0.153. The lowest BCUT2D eigenvalue weighted by molar-refractivity contribution is -0.130. The van der Waals surface area contributed by atoms with Gasteiger partial charge in [0.2, 0.25) is 5.91 Å². The lowest BCUT2D eigenvalue weighted by Gasteiger charge is -2.32. The quantitative estimate of drug-likeness (QED) is 0.895. The zero-order valence-electron chi connectivity index (χ0n) is 15.3. The highest BCUT2D eigenvalue weighted by atomic mass is 16.5. The molecule has 0 aromatic carbocycles. The Bertz CT molecular complexity index is 581. The molecule has 1 aromatic heterocycles. The Morgan fingerprint density at radius 2 is 1.96 bits per heavy atom. The number of amides is 2. The maximum atomic E-state index is 12.3. The van der Waals surface area contributed by atoms with Gasteiger partial charge < -0.3 is 14.7 Å². The topological polar surface area (TPSA) is 78.7 Å². The average molecular weight is 336 g/mol. The van der Waals surface area contributed by atoms with Gasteiger partial charge in [0, 0.05) is 44.7 Å². The second-order valence-electron chi connectivity index (χ2n) is 7.64. The molecule has 2 heterocycles. The number of carbonyl (C=O) groups is 2. The Morgan fingerprint density at radius 1 is 1.33 bits per heavy atom. The maximum Gasteiger partial charge on any atom is 0.273 e. The van der Waals surface area contributed by atoms with E-state index in [1.54, 1.807) is 25.1 Å². The summed E-state index contributed by atoms with van der Waals surface area (Å²) >= 11 is 0. The number of hydrogen-bond acceptors (Lipinski definition) is 5. The summed E-state index contributed by atoms with van der Waals surface area (Å²) in [5, 5.41) is 6.89. The molecule has 134 valence electrons. The highest BCUT2D eigenvalue weighted by Gasteiger charge is 2.26. The summed E-state index contributed by atoms with van der Waals surface area (Å²) in [6.45, 7) is 8.08. The predicted octanol–water partition coefficient (Wildman–Crippen LogP) is 1.25. The van der Waals surface area contributed by atoms with Crippen LogP contribution in [0.25, 0.3) is 0 Å². The molecule has 7 heteroatoms. The van der Waals surface area contributed by atoms with E-state index in [1.165, 1.54) is 0 Å². The van der Waals surface area contributed by atoms with Crippen molar-refractivity contribution in [2.45, 2.75) is 45.1 Å². The molecule has 0 unspecified atom stereocenters. The van der Waals surface area contributed by atoms with E-state index < -0.39 is 0 Å². The molecule has 0 saturated carbocycles. The first kappa shape index (κ1) is 18.4. The first-order chi connectivity index (χ1) is 11.2. The van der Waals surface area contributed by atoms with Crippen molar-refractivity contribution in [3.63, 3.8) is 0 Å². The van der Waals surface area contributed by atoms with Crippen LogP contribution >= 0.6 is 0 Å². The van der Waals surface area contributed by atoms with Crippen molar-refractivity contribution in [1.82, 2.24) is 20.3 Å². The van der Waals surface area contributed by atoms with E-state index in [1.807, 2.05) is 20.8 Å². The minimum atomic E-state index is -0.197. The molecule has 0 aliphatic carbocycles. The van der Waals surface area contributed by atoms with E-state index in [4.69, 9.17) is 4.52 Å². The number of nitrogens with one attached hydrogen (secondary N) is 1. The monoisotopic (exact) mass is 336 g/mol. The molecule has 0 spiro atoms. The van der Waals surface area contributed by atoms with E-state index in [0.717, 1.165) is 25.9 Å². The maximum absolute atomic E-state index is 12.3. The molecule has 1 fully saturated rings. The van der Waals surface area contributed by atoms with Crippen LogP contribution in [0, 0.1) is 0 Å². The van der Waals surface area contributed by atoms with Gasteiger partial charge in [-0.25, -0.2) is 0 Å². The molecule has 0 bridgehead atoms. The van der Waals surface area contributed by atoms with Crippen LogP contribution in [0.15, 0.2) is 10.6 Å². The number of hydrogen-bond donors (Lipinski definition) is 1. The first-order valence-corrected chi connectivity index (χ1v) is 8.37. The molecule has 2 amide bonds. The third-order valence-corrected chi connectivity index (χ3v) is 4.26. The molecule has 0 radical (unpaired) electrons. The number of piperidine rings is 1. The smallest absolute Gasteiger partial charge is 0.273 e. The fraction of sp³-hybridized carbons (Fsp3) is 0.706. The Balaban J connectivity index is 1.82. The van der Waals surface area contributed by atoms with Gasteiger partial charge in [0.25, 0.3) is 5.91 Å². The Hall–Kier alpha value is -1.89. The van der Waals surface area contributed by atoms with E-state index in [9.17, 15) is 9.59 Å². The van der Waals surface area contributed by atoms with Gasteiger partial charge >= 0.3 is 0 Å². The van der Waals surface area contributed by atoms with E-state index in [2.05, 4.69) is 15.4 Å².